The molecule has 0 unspecified atom stereocenters. The maximum atomic E-state index is 13.7. The molecule has 202 valence electrons. The number of aliphatic hydroxyl groups is 1. The molecule has 5 aromatic rings. The number of nitrogens with zero attached hydrogens (tertiary/aromatic N) is 6. The van der Waals surface area contributed by atoms with Crippen LogP contribution in [0.5, 0.6) is 0 Å². The third-order valence-electron chi connectivity index (χ3n) is 7.10. The summed E-state index contributed by atoms with van der Waals surface area (Å²) in [4.78, 5) is 28.7. The molecule has 1 aliphatic rings. The summed E-state index contributed by atoms with van der Waals surface area (Å²) in [5, 5.41) is 10.3. The largest absolute Gasteiger partial charge is 0.390 e. The first-order chi connectivity index (χ1) is 18.7. The fraction of sp³-hybridized carbons (Fsp3) is 0.310. The van der Waals surface area contributed by atoms with Gasteiger partial charge in [-0.25, -0.2) is 19.3 Å². The number of amides is 1. The SMILES string of the molecule is CC.Cn1cnc2ccc(-c3c(-c4ccc(F)cc4)nc(N)c4nc(C(=O)N5CCC(C)(O)CC5)cn34)cc21. The summed E-state index contributed by atoms with van der Waals surface area (Å²) < 4.78 is 17.4. The van der Waals surface area contributed by atoms with E-state index in [9.17, 15) is 14.3 Å². The van der Waals surface area contributed by atoms with E-state index in [0.717, 1.165) is 16.6 Å². The second kappa shape index (κ2) is 10.1. The first kappa shape index (κ1) is 26.3. The Morgan fingerprint density at radius 1 is 1.05 bits per heavy atom. The summed E-state index contributed by atoms with van der Waals surface area (Å²) in [6, 6.07) is 11.9. The van der Waals surface area contributed by atoms with Crippen molar-refractivity contribution in [3.63, 3.8) is 0 Å². The van der Waals surface area contributed by atoms with Crippen molar-refractivity contribution in [3.05, 3.63) is 66.5 Å². The van der Waals surface area contributed by atoms with Crippen molar-refractivity contribution in [2.75, 3.05) is 18.8 Å². The number of imidazole rings is 2. The van der Waals surface area contributed by atoms with E-state index in [1.54, 1.807) is 40.9 Å². The van der Waals surface area contributed by atoms with Gasteiger partial charge in [0, 0.05) is 37.5 Å². The molecule has 1 saturated heterocycles. The fourth-order valence-corrected chi connectivity index (χ4v) is 4.88. The molecular formula is C29H32FN7O2. The number of benzene rings is 2. The molecule has 6 rings (SSSR count). The molecule has 39 heavy (non-hydrogen) atoms. The molecule has 1 amide bonds. The van der Waals surface area contributed by atoms with Crippen LogP contribution in [-0.2, 0) is 7.05 Å². The number of nitrogens with two attached hydrogens (primary N) is 1. The fourth-order valence-electron chi connectivity index (χ4n) is 4.88. The molecule has 2 aromatic carbocycles. The standard InChI is InChI=1S/C27H26FN7O2.C2H6/c1-27(37)9-11-34(12-10-27)26(36)20-14-35-23(17-5-8-19-21(13-17)33(2)15-30-19)22(32-24(29)25(35)31-20)16-3-6-18(28)7-4-16;1-2/h3-8,13-15,37H,9-12H2,1-2H3,(H2,29,32);1-2H3. The lowest BCUT2D eigenvalue weighted by Gasteiger charge is -2.35. The molecular weight excluding hydrogens is 497 g/mol. The number of rotatable bonds is 3. The number of hydrogen-bond donors (Lipinski definition) is 2. The molecule has 0 aliphatic carbocycles. The number of halogens is 1. The minimum atomic E-state index is -0.772. The van der Waals surface area contributed by atoms with E-state index in [2.05, 4.69) is 15.0 Å². The minimum absolute atomic E-state index is 0.158. The quantitative estimate of drug-likeness (QED) is 0.351. The molecule has 3 aromatic heterocycles. The zero-order valence-corrected chi connectivity index (χ0v) is 22.5. The zero-order valence-electron chi connectivity index (χ0n) is 22.5. The van der Waals surface area contributed by atoms with Gasteiger partial charge >= 0.3 is 0 Å². The number of piperidine rings is 1. The van der Waals surface area contributed by atoms with Gasteiger partial charge in [0.05, 0.1) is 34.3 Å². The van der Waals surface area contributed by atoms with E-state index >= 15 is 0 Å². The molecule has 1 aliphatic heterocycles. The molecule has 4 heterocycles. The van der Waals surface area contributed by atoms with Crippen LogP contribution in [0.15, 0.2) is 55.0 Å². The van der Waals surface area contributed by atoms with Crippen LogP contribution in [0.4, 0.5) is 10.2 Å². The summed E-state index contributed by atoms with van der Waals surface area (Å²) >= 11 is 0. The Bertz CT molecular complexity index is 1660. The van der Waals surface area contributed by atoms with Gasteiger partial charge in [0.2, 0.25) is 0 Å². The lowest BCUT2D eigenvalue weighted by atomic mass is 9.94. The van der Waals surface area contributed by atoms with E-state index in [4.69, 9.17) is 5.73 Å². The van der Waals surface area contributed by atoms with Crippen molar-refractivity contribution >= 4 is 28.4 Å². The molecule has 0 bridgehead atoms. The Hall–Kier alpha value is -4.31. The van der Waals surface area contributed by atoms with Crippen LogP contribution in [0, 0.1) is 5.82 Å². The van der Waals surface area contributed by atoms with Gasteiger partial charge in [0.15, 0.2) is 11.5 Å². The highest BCUT2D eigenvalue weighted by atomic mass is 19.1. The Morgan fingerprint density at radius 2 is 1.72 bits per heavy atom. The maximum Gasteiger partial charge on any atom is 0.274 e. The van der Waals surface area contributed by atoms with E-state index < -0.39 is 5.60 Å². The molecule has 0 spiro atoms. The number of carbonyl (C=O) groups is 1. The summed E-state index contributed by atoms with van der Waals surface area (Å²) in [5.74, 6) is -0.424. The Balaban J connectivity index is 0.00000151. The van der Waals surface area contributed by atoms with Crippen LogP contribution in [0.25, 0.3) is 39.2 Å². The van der Waals surface area contributed by atoms with E-state index in [0.29, 0.717) is 48.5 Å². The highest BCUT2D eigenvalue weighted by molar-refractivity contribution is 5.95. The Morgan fingerprint density at radius 3 is 2.41 bits per heavy atom. The number of carbonyl (C=O) groups excluding carboxylic acids is 1. The van der Waals surface area contributed by atoms with Gasteiger partial charge < -0.3 is 20.3 Å². The van der Waals surface area contributed by atoms with Gasteiger partial charge in [0.25, 0.3) is 5.91 Å². The van der Waals surface area contributed by atoms with Gasteiger partial charge in [-0.05, 0) is 56.2 Å². The molecule has 0 atom stereocenters. The topological polar surface area (TPSA) is 115 Å². The summed E-state index contributed by atoms with van der Waals surface area (Å²) in [6.07, 6.45) is 4.43. The first-order valence-electron chi connectivity index (χ1n) is 13.1. The number of anilines is 1. The molecule has 0 radical (unpaired) electrons. The number of fused-ring (bicyclic) bond motifs is 2. The Labute approximate surface area is 225 Å². The molecule has 9 nitrogen and oxygen atoms in total. The predicted molar refractivity (Wildman–Crippen MR) is 150 cm³/mol. The number of hydrogen-bond acceptors (Lipinski definition) is 6. The lowest BCUT2D eigenvalue weighted by Crippen LogP contribution is -2.45. The summed E-state index contributed by atoms with van der Waals surface area (Å²) in [7, 11) is 1.92. The first-order valence-corrected chi connectivity index (χ1v) is 13.1. The van der Waals surface area contributed by atoms with Crippen LogP contribution in [0.1, 0.15) is 44.1 Å². The zero-order chi connectivity index (χ0) is 27.9. The number of aromatic nitrogens is 5. The van der Waals surface area contributed by atoms with Gasteiger partial charge in [-0.2, -0.15) is 0 Å². The highest BCUT2D eigenvalue weighted by Gasteiger charge is 2.31. The van der Waals surface area contributed by atoms with Crippen molar-refractivity contribution in [2.24, 2.45) is 7.05 Å². The van der Waals surface area contributed by atoms with Crippen molar-refractivity contribution in [3.8, 4) is 22.5 Å². The van der Waals surface area contributed by atoms with Crippen molar-refractivity contribution in [1.82, 2.24) is 28.8 Å². The normalized spacial score (nSPS) is 14.9. The van der Waals surface area contributed by atoms with Crippen molar-refractivity contribution in [2.45, 2.75) is 39.2 Å². The average molecular weight is 530 g/mol. The van der Waals surface area contributed by atoms with Crippen LogP contribution in [0.2, 0.25) is 0 Å². The van der Waals surface area contributed by atoms with Crippen LogP contribution >= 0.6 is 0 Å². The smallest absolute Gasteiger partial charge is 0.274 e. The van der Waals surface area contributed by atoms with Gasteiger partial charge in [-0.3, -0.25) is 9.20 Å². The summed E-state index contributed by atoms with van der Waals surface area (Å²) in [5.41, 5.74) is 10.7. The molecule has 1 fully saturated rings. The monoisotopic (exact) mass is 529 g/mol. The number of aryl methyl sites for hydroxylation is 1. The average Bonchev–Trinajstić information content (AvgIpc) is 3.54. The van der Waals surface area contributed by atoms with Gasteiger partial charge in [-0.1, -0.05) is 19.9 Å². The van der Waals surface area contributed by atoms with E-state index in [1.165, 1.54) is 12.1 Å². The van der Waals surface area contributed by atoms with Crippen LogP contribution < -0.4 is 5.73 Å². The third-order valence-corrected chi connectivity index (χ3v) is 7.10. The number of likely N-dealkylation sites (tertiary alicyclic amines) is 1. The number of nitrogen functional groups attached to an aromatic ring is 1. The molecule has 3 N–H and O–H groups in total. The lowest BCUT2D eigenvalue weighted by molar-refractivity contribution is -0.00217. The van der Waals surface area contributed by atoms with Crippen LogP contribution in [0.3, 0.4) is 0 Å². The highest BCUT2D eigenvalue weighted by Crippen LogP contribution is 2.35. The molecule has 0 saturated carbocycles. The maximum absolute atomic E-state index is 13.7. The predicted octanol–water partition coefficient (Wildman–Crippen LogP) is 4.68. The van der Waals surface area contributed by atoms with Crippen LogP contribution in [-0.4, -0.2) is 58.5 Å². The molecule has 10 heteroatoms. The summed E-state index contributed by atoms with van der Waals surface area (Å²) in [6.45, 7) is 6.67. The minimum Gasteiger partial charge on any atom is -0.390 e. The third kappa shape index (κ3) is 4.83. The second-order valence-corrected chi connectivity index (χ2v) is 9.87. The Kier molecular flexibility index (Phi) is 6.82. The van der Waals surface area contributed by atoms with E-state index in [1.807, 2.05) is 43.7 Å². The van der Waals surface area contributed by atoms with Gasteiger partial charge in [-0.15, -0.1) is 0 Å². The van der Waals surface area contributed by atoms with Gasteiger partial charge in [0.1, 0.15) is 11.5 Å². The van der Waals surface area contributed by atoms with Crippen molar-refractivity contribution in [1.29, 1.82) is 0 Å². The van der Waals surface area contributed by atoms with Crippen molar-refractivity contribution < 1.29 is 14.3 Å². The second-order valence-electron chi connectivity index (χ2n) is 9.87. The van der Waals surface area contributed by atoms with E-state index in [-0.39, 0.29) is 23.2 Å².